The van der Waals surface area contributed by atoms with E-state index in [2.05, 4.69) is 6.58 Å². The number of hydrogen-bond donors (Lipinski definition) is 0. The van der Waals surface area contributed by atoms with E-state index in [4.69, 9.17) is 4.79 Å². The molecule has 0 aromatic rings. The van der Waals surface area contributed by atoms with E-state index in [0.717, 1.165) is 6.08 Å². The van der Waals surface area contributed by atoms with Crippen LogP contribution in [0.15, 0.2) is 12.7 Å². The van der Waals surface area contributed by atoms with Crippen LogP contribution in [0, 0.1) is 0 Å². The predicted molar refractivity (Wildman–Crippen MR) is 15.9 cm³/mol. The van der Waals surface area contributed by atoms with Gasteiger partial charge in [0.25, 0.3) is 0 Å². The van der Waals surface area contributed by atoms with Crippen molar-refractivity contribution in [2.75, 3.05) is 0 Å². The third-order valence-corrected chi connectivity index (χ3v) is 0.0833. The van der Waals surface area contributed by atoms with E-state index < -0.39 is 0 Å². The Morgan fingerprint density at radius 2 is 1.83 bits per heavy atom. The van der Waals surface area contributed by atoms with Gasteiger partial charge in [-0.3, -0.25) is 0 Å². The summed E-state index contributed by atoms with van der Waals surface area (Å²) in [5, 5.41) is 0. The Kier molecular flexibility index (Phi) is 45.4. The minimum absolute atomic E-state index is 0. The van der Waals surface area contributed by atoms with Crippen molar-refractivity contribution >= 4 is 6.29 Å². The number of rotatable bonds is 1. The van der Waals surface area contributed by atoms with Crippen LogP contribution in [0.2, 0.25) is 0 Å². The van der Waals surface area contributed by atoms with Crippen molar-refractivity contribution in [3.05, 3.63) is 12.7 Å². The van der Waals surface area contributed by atoms with E-state index in [-0.39, 0.29) is 41.2 Å². The second-order valence-electron chi connectivity index (χ2n) is 0.322. The molecule has 6 heavy (non-hydrogen) atoms. The van der Waals surface area contributed by atoms with Gasteiger partial charge in [0, 0.05) is 41.2 Å². The maximum absolute atomic E-state index is 8.93. The van der Waals surface area contributed by atoms with Gasteiger partial charge in [-0.2, -0.15) is 0 Å². The van der Waals surface area contributed by atoms with E-state index in [1.54, 1.807) is 0 Å². The average molecular weight is 168 g/mol. The van der Waals surface area contributed by atoms with Crippen molar-refractivity contribution < 1.29 is 46.0 Å². The second-order valence-corrected chi connectivity index (χ2v) is 0.322. The molecule has 0 saturated carbocycles. The van der Waals surface area contributed by atoms with Gasteiger partial charge in [0.05, 0.1) is 0 Å². The molecule has 0 rings (SSSR count). The van der Waals surface area contributed by atoms with Gasteiger partial charge >= 0.3 is 0 Å². The van der Waals surface area contributed by atoms with Gasteiger partial charge in [0.1, 0.15) is 0 Å². The normalized spacial score (nSPS) is 3.33. The van der Waals surface area contributed by atoms with Gasteiger partial charge in [-0.1, -0.05) is 0 Å². The molecule has 0 saturated heterocycles. The third-order valence-electron chi connectivity index (χ3n) is 0.0833. The average Bonchev–Trinajstić information content (AvgIpc) is 1.37. The SMILES string of the molecule is C=C[C-]=O.[Ti].[Zn]. The first kappa shape index (κ1) is 15.9. The number of carbonyl (C=O) groups excluding carboxylic acids is 1. The van der Waals surface area contributed by atoms with Gasteiger partial charge in [0.2, 0.25) is 0 Å². The molecule has 0 atom stereocenters. The molecule has 0 fully saturated rings. The molecule has 0 aromatic heterocycles. The molecule has 0 amide bonds. The number of hydrogen-bond acceptors (Lipinski definition) is 1. The Balaban J connectivity index is -0.0000000450. The van der Waals surface area contributed by atoms with Crippen molar-refractivity contribution in [2.24, 2.45) is 0 Å². The monoisotopic (exact) mass is 167 g/mol. The van der Waals surface area contributed by atoms with Crippen LogP contribution in [-0.4, -0.2) is 6.29 Å². The van der Waals surface area contributed by atoms with E-state index in [1.807, 2.05) is 0 Å². The zero-order valence-electron chi connectivity index (χ0n) is 3.40. The summed E-state index contributed by atoms with van der Waals surface area (Å²) in [7, 11) is 0. The Labute approximate surface area is 64.8 Å². The molecule has 0 unspecified atom stereocenters. The topological polar surface area (TPSA) is 17.1 Å². The van der Waals surface area contributed by atoms with Crippen molar-refractivity contribution in [1.82, 2.24) is 0 Å². The van der Waals surface area contributed by atoms with Crippen LogP contribution in [-0.2, 0) is 46.0 Å². The molecule has 0 aliphatic carbocycles. The fourth-order valence-electron chi connectivity index (χ4n) is 0. The molecule has 0 aliphatic rings. The van der Waals surface area contributed by atoms with Crippen LogP contribution in [0.3, 0.4) is 0 Å². The third kappa shape index (κ3) is 21.8. The second kappa shape index (κ2) is 17.2. The molecule has 0 N–H and O–H groups in total. The van der Waals surface area contributed by atoms with Gasteiger partial charge in [-0.15, -0.1) is 0 Å². The smallest absolute Gasteiger partial charge is 0 e. The zero-order chi connectivity index (χ0) is 3.41. The maximum atomic E-state index is 8.93. The molecule has 0 aromatic carbocycles. The molecular formula is C3H3OTiZn-. The fraction of sp³-hybridized carbons (Fsp3) is 0. The molecule has 0 bridgehead atoms. The van der Waals surface area contributed by atoms with Gasteiger partial charge < -0.3 is 4.79 Å². The summed E-state index contributed by atoms with van der Waals surface area (Å²) in [6.07, 6.45) is 2.51. The predicted octanol–water partition coefficient (Wildman–Crippen LogP) is 0.277. The van der Waals surface area contributed by atoms with Gasteiger partial charge in [-0.25, -0.2) is 12.7 Å². The minimum Gasteiger partial charge on any atom is -0.419 e. The maximum Gasteiger partial charge on any atom is 0 e. The molecule has 3 heteroatoms. The quantitative estimate of drug-likeness (QED) is 0.312. The van der Waals surface area contributed by atoms with Crippen LogP contribution in [0.1, 0.15) is 0 Å². The molecule has 28 valence electrons. The molecular weight excluding hydrogens is 165 g/mol. The summed E-state index contributed by atoms with van der Waals surface area (Å²) in [6, 6.07) is 0. The molecule has 0 radical (unpaired) electrons. The Morgan fingerprint density at radius 3 is 1.83 bits per heavy atom. The summed E-state index contributed by atoms with van der Waals surface area (Å²) in [5.74, 6) is 0. The summed E-state index contributed by atoms with van der Waals surface area (Å²) < 4.78 is 0. The van der Waals surface area contributed by atoms with E-state index >= 15 is 0 Å². The van der Waals surface area contributed by atoms with Crippen molar-refractivity contribution in [3.63, 3.8) is 0 Å². The van der Waals surface area contributed by atoms with Crippen molar-refractivity contribution in [3.8, 4) is 0 Å². The first-order valence-electron chi connectivity index (χ1n) is 0.901. The Hall–Kier alpha value is 0.748. The first-order chi connectivity index (χ1) is 1.91. The Morgan fingerprint density at radius 1 is 1.67 bits per heavy atom. The van der Waals surface area contributed by atoms with E-state index in [9.17, 15) is 0 Å². The molecule has 0 heterocycles. The van der Waals surface area contributed by atoms with Crippen LogP contribution in [0.5, 0.6) is 0 Å². The van der Waals surface area contributed by atoms with Crippen LogP contribution < -0.4 is 0 Å². The van der Waals surface area contributed by atoms with Crippen LogP contribution >= 0.6 is 0 Å². The summed E-state index contributed by atoms with van der Waals surface area (Å²) in [5.41, 5.74) is 0. The van der Waals surface area contributed by atoms with E-state index in [0.29, 0.717) is 0 Å². The van der Waals surface area contributed by atoms with Gasteiger partial charge in [-0.05, 0) is 6.29 Å². The minimum atomic E-state index is 0. The van der Waals surface area contributed by atoms with Crippen LogP contribution in [0.25, 0.3) is 0 Å². The standard InChI is InChI=1S/C3H3O.Ti.Zn/c1-2-3-4;;/h2H,1H2;;/q-1;;. The molecule has 0 aliphatic heterocycles. The molecule has 0 spiro atoms. The summed E-state index contributed by atoms with van der Waals surface area (Å²) in [4.78, 5) is 8.93. The Bertz CT molecular complexity index is 31.8. The first-order valence-corrected chi connectivity index (χ1v) is 0.901. The zero-order valence-corrected chi connectivity index (χ0v) is 7.93. The van der Waals surface area contributed by atoms with Gasteiger partial charge in [0.15, 0.2) is 0 Å². The number of allylic oxidation sites excluding steroid dienone is 1. The fourth-order valence-corrected chi connectivity index (χ4v) is 0. The summed E-state index contributed by atoms with van der Waals surface area (Å²) in [6.45, 7) is 3.06. The van der Waals surface area contributed by atoms with Crippen molar-refractivity contribution in [2.45, 2.75) is 0 Å². The summed E-state index contributed by atoms with van der Waals surface area (Å²) >= 11 is 0. The van der Waals surface area contributed by atoms with Crippen molar-refractivity contribution in [1.29, 1.82) is 0 Å². The van der Waals surface area contributed by atoms with E-state index in [1.165, 1.54) is 6.29 Å². The van der Waals surface area contributed by atoms with Crippen LogP contribution in [0.4, 0.5) is 0 Å². The largest absolute Gasteiger partial charge is 0.419 e. The molecule has 1 nitrogen and oxygen atoms in total.